The average Bonchev–Trinajstić information content (AvgIpc) is 1.61. The Labute approximate surface area is 41.4 Å². The Morgan fingerprint density at radius 3 is 2.83 bits per heavy atom. The highest BCUT2D eigenvalue weighted by Crippen LogP contribution is 1.78. The van der Waals surface area contributed by atoms with E-state index >= 15 is 0 Å². The van der Waals surface area contributed by atoms with Gasteiger partial charge in [0.1, 0.15) is 0 Å². The van der Waals surface area contributed by atoms with Crippen LogP contribution < -0.4 is 4.72 Å². The molecular formula is C3H6NOS. The number of carbonyl (C=O) groups excluding carboxylic acids is 1. The molecule has 0 heterocycles. The van der Waals surface area contributed by atoms with Gasteiger partial charge >= 0.3 is 0 Å². The molecular weight excluding hydrogens is 98.1 g/mol. The lowest BCUT2D eigenvalue weighted by Gasteiger charge is -1.83. The van der Waals surface area contributed by atoms with Crippen LogP contribution in [0.2, 0.25) is 0 Å². The van der Waals surface area contributed by atoms with Crippen molar-refractivity contribution in [1.82, 2.24) is 4.72 Å². The summed E-state index contributed by atoms with van der Waals surface area (Å²) in [6.07, 6.45) is 0. The van der Waals surface area contributed by atoms with Crippen LogP contribution in [0, 0.1) is 0 Å². The summed E-state index contributed by atoms with van der Waals surface area (Å²) in [4.78, 5) is 9.34. The van der Waals surface area contributed by atoms with E-state index in [2.05, 4.69) is 4.72 Å². The van der Waals surface area contributed by atoms with Gasteiger partial charge in [-0.25, -0.2) is 0 Å². The van der Waals surface area contributed by atoms with E-state index in [4.69, 9.17) is 0 Å². The zero-order valence-corrected chi connectivity index (χ0v) is 4.34. The fourth-order valence-electron chi connectivity index (χ4n) is 0.102. The van der Waals surface area contributed by atoms with E-state index in [-0.39, 0.29) is 0 Å². The lowest BCUT2D eigenvalue weighted by molar-refractivity contribution is 0.569. The van der Waals surface area contributed by atoms with Gasteiger partial charge in [0.15, 0.2) is 0 Å². The van der Waals surface area contributed by atoms with Gasteiger partial charge in [-0.05, 0) is 0 Å². The fourth-order valence-corrected chi connectivity index (χ4v) is 0.305. The molecule has 0 atom stereocenters. The normalized spacial score (nSPS) is 8.17. The smallest absolute Gasteiger partial charge is 0.276 e. The van der Waals surface area contributed by atoms with Gasteiger partial charge in [0.25, 0.3) is 5.62 Å². The van der Waals surface area contributed by atoms with E-state index in [1.54, 1.807) is 5.62 Å². The third-order valence-electron chi connectivity index (χ3n) is 0.258. The van der Waals surface area contributed by atoms with Crippen LogP contribution in [0.4, 0.5) is 0 Å². The van der Waals surface area contributed by atoms with Crippen LogP contribution in [0.15, 0.2) is 0 Å². The van der Waals surface area contributed by atoms with Gasteiger partial charge in [0, 0.05) is 18.5 Å². The SMILES string of the molecule is CCNS[C]=O. The first-order valence-corrected chi connectivity index (χ1v) is 2.49. The highest BCUT2D eigenvalue weighted by molar-refractivity contribution is 8.10. The van der Waals surface area contributed by atoms with Gasteiger partial charge in [0.2, 0.25) is 0 Å². The van der Waals surface area contributed by atoms with E-state index < -0.39 is 0 Å². The van der Waals surface area contributed by atoms with Crippen molar-refractivity contribution < 1.29 is 4.79 Å². The van der Waals surface area contributed by atoms with Crippen molar-refractivity contribution in [2.75, 3.05) is 6.54 Å². The summed E-state index contributed by atoms with van der Waals surface area (Å²) < 4.78 is 2.69. The molecule has 0 aliphatic heterocycles. The van der Waals surface area contributed by atoms with Crippen molar-refractivity contribution in [3.8, 4) is 0 Å². The van der Waals surface area contributed by atoms with Crippen molar-refractivity contribution in [1.29, 1.82) is 0 Å². The molecule has 1 N–H and O–H groups in total. The van der Waals surface area contributed by atoms with Crippen molar-refractivity contribution in [2.24, 2.45) is 0 Å². The second-order valence-corrected chi connectivity index (χ2v) is 1.34. The van der Waals surface area contributed by atoms with Crippen LogP contribution in [-0.2, 0) is 4.79 Å². The first-order chi connectivity index (χ1) is 2.91. The molecule has 0 aromatic rings. The van der Waals surface area contributed by atoms with Crippen molar-refractivity contribution in [3.05, 3.63) is 0 Å². The number of rotatable bonds is 3. The topological polar surface area (TPSA) is 29.1 Å². The van der Waals surface area contributed by atoms with Gasteiger partial charge in [0.05, 0.1) is 0 Å². The Morgan fingerprint density at radius 1 is 2.00 bits per heavy atom. The van der Waals surface area contributed by atoms with Gasteiger partial charge in [-0.2, -0.15) is 0 Å². The number of hydrogen-bond acceptors (Lipinski definition) is 3. The van der Waals surface area contributed by atoms with Gasteiger partial charge in [-0.15, -0.1) is 0 Å². The zero-order valence-electron chi connectivity index (χ0n) is 3.52. The van der Waals surface area contributed by atoms with Crippen molar-refractivity contribution >= 4 is 17.6 Å². The molecule has 3 heteroatoms. The Balaban J connectivity index is 2.49. The second kappa shape index (κ2) is 4.98. The number of nitrogens with one attached hydrogen (secondary N) is 1. The predicted molar refractivity (Wildman–Crippen MR) is 27.0 cm³/mol. The quantitative estimate of drug-likeness (QED) is 0.413. The minimum absolute atomic E-state index is 0.805. The van der Waals surface area contributed by atoms with E-state index in [0.717, 1.165) is 18.5 Å². The highest BCUT2D eigenvalue weighted by atomic mass is 32.2. The van der Waals surface area contributed by atoms with Crippen molar-refractivity contribution in [3.63, 3.8) is 0 Å². The molecule has 0 aliphatic rings. The van der Waals surface area contributed by atoms with Crippen molar-refractivity contribution in [2.45, 2.75) is 6.92 Å². The summed E-state index contributed by atoms with van der Waals surface area (Å²) >= 11 is 0.953. The lowest BCUT2D eigenvalue weighted by atomic mass is 10.8. The molecule has 0 fully saturated rings. The van der Waals surface area contributed by atoms with Crippen LogP contribution in [-0.4, -0.2) is 12.2 Å². The molecule has 0 aromatic carbocycles. The van der Waals surface area contributed by atoms with E-state index in [9.17, 15) is 4.79 Å². The van der Waals surface area contributed by atoms with Crippen LogP contribution in [0.3, 0.4) is 0 Å². The molecule has 0 bridgehead atoms. The molecule has 0 saturated heterocycles. The largest absolute Gasteiger partial charge is 0.282 e. The Morgan fingerprint density at radius 2 is 2.67 bits per heavy atom. The Hall–Kier alpha value is -0.0200. The highest BCUT2D eigenvalue weighted by Gasteiger charge is 1.73. The minimum Gasteiger partial charge on any atom is -0.276 e. The second-order valence-electron chi connectivity index (χ2n) is 0.683. The van der Waals surface area contributed by atoms with Crippen LogP contribution in [0.5, 0.6) is 0 Å². The standard InChI is InChI=1S/C3H6NOS/c1-2-4-6-3-5/h4H,2H2,1H3. The van der Waals surface area contributed by atoms with Gasteiger partial charge in [-0.3, -0.25) is 9.52 Å². The monoisotopic (exact) mass is 104 g/mol. The molecule has 0 unspecified atom stereocenters. The third kappa shape index (κ3) is 3.98. The zero-order chi connectivity index (χ0) is 4.83. The molecule has 2 nitrogen and oxygen atoms in total. The molecule has 0 spiro atoms. The lowest BCUT2D eigenvalue weighted by Crippen LogP contribution is -1.99. The molecule has 0 saturated carbocycles. The third-order valence-corrected chi connectivity index (χ3v) is 0.775. The summed E-state index contributed by atoms with van der Waals surface area (Å²) in [6.45, 7) is 2.73. The molecule has 1 radical (unpaired) electrons. The van der Waals surface area contributed by atoms with E-state index in [1.807, 2.05) is 6.92 Å². The maximum absolute atomic E-state index is 9.34. The maximum atomic E-state index is 9.34. The first kappa shape index (κ1) is 5.98. The molecule has 0 amide bonds. The van der Waals surface area contributed by atoms with Crippen LogP contribution in [0.25, 0.3) is 0 Å². The van der Waals surface area contributed by atoms with E-state index in [1.165, 1.54) is 0 Å². The average molecular weight is 104 g/mol. The molecule has 0 rings (SSSR count). The number of hydrogen-bond donors (Lipinski definition) is 1. The summed E-state index contributed by atoms with van der Waals surface area (Å²) in [7, 11) is 0. The minimum atomic E-state index is 0.805. The summed E-state index contributed by atoms with van der Waals surface area (Å²) in [6, 6.07) is 0. The van der Waals surface area contributed by atoms with Crippen LogP contribution in [0.1, 0.15) is 6.92 Å². The maximum Gasteiger partial charge on any atom is 0.282 e. The summed E-state index contributed by atoms with van der Waals surface area (Å²) in [5.41, 5.74) is 1.62. The van der Waals surface area contributed by atoms with Gasteiger partial charge in [-0.1, -0.05) is 6.92 Å². The Bertz CT molecular complexity index is 39.8. The first-order valence-electron chi connectivity index (χ1n) is 1.67. The van der Waals surface area contributed by atoms with Crippen LogP contribution >= 0.6 is 11.9 Å². The fraction of sp³-hybridized carbons (Fsp3) is 0.667. The predicted octanol–water partition coefficient (Wildman–Crippen LogP) is 0.311. The molecule has 0 aromatic heterocycles. The Kier molecular flexibility index (Phi) is 4.96. The van der Waals surface area contributed by atoms with Gasteiger partial charge < -0.3 is 0 Å². The molecule has 35 valence electrons. The molecule has 0 aliphatic carbocycles. The van der Waals surface area contributed by atoms with E-state index in [0.29, 0.717) is 0 Å². The summed E-state index contributed by atoms with van der Waals surface area (Å²) in [5, 5.41) is 0. The summed E-state index contributed by atoms with van der Waals surface area (Å²) in [5.74, 6) is 0. The molecule has 6 heavy (non-hydrogen) atoms.